The van der Waals surface area contributed by atoms with Crippen LogP contribution in [0.3, 0.4) is 0 Å². The van der Waals surface area contributed by atoms with E-state index in [4.69, 9.17) is 10.3 Å². The molecular formula is C14H12NNaO5S. The number of nitrogens with two attached hydrogens (primary N) is 1. The summed E-state index contributed by atoms with van der Waals surface area (Å²) >= 11 is 0. The SMILES string of the molecule is Nc1ccc(C=Cc2ccccc2[O-])c(OS(=O)(=O)O)c1.[Na+]. The molecule has 2 aromatic rings. The Kier molecular flexibility index (Phi) is 6.46. The molecule has 3 N–H and O–H groups in total. The van der Waals surface area contributed by atoms with Crippen LogP contribution in [0.5, 0.6) is 11.5 Å². The molecule has 0 heterocycles. The van der Waals surface area contributed by atoms with Crippen LogP contribution < -0.4 is 44.6 Å². The van der Waals surface area contributed by atoms with Gasteiger partial charge in [0.25, 0.3) is 0 Å². The van der Waals surface area contributed by atoms with Gasteiger partial charge in [-0.3, -0.25) is 4.55 Å². The summed E-state index contributed by atoms with van der Waals surface area (Å²) < 4.78 is 34.8. The number of para-hydroxylation sites is 1. The van der Waals surface area contributed by atoms with Crippen molar-refractivity contribution in [2.45, 2.75) is 0 Å². The zero-order valence-corrected chi connectivity index (χ0v) is 14.6. The fraction of sp³-hybridized carbons (Fsp3) is 0. The molecule has 2 rings (SSSR count). The Bertz CT molecular complexity index is 790. The largest absolute Gasteiger partial charge is 1.00 e. The summed E-state index contributed by atoms with van der Waals surface area (Å²) in [5, 5.41) is 11.6. The van der Waals surface area contributed by atoms with Crippen LogP contribution in [-0.4, -0.2) is 13.0 Å². The van der Waals surface area contributed by atoms with Gasteiger partial charge in [-0.1, -0.05) is 36.4 Å². The van der Waals surface area contributed by atoms with Crippen LogP contribution >= 0.6 is 0 Å². The molecule has 0 bridgehead atoms. The molecule has 110 valence electrons. The number of hydrogen-bond acceptors (Lipinski definition) is 5. The minimum Gasteiger partial charge on any atom is -0.872 e. The minimum absolute atomic E-state index is 0. The van der Waals surface area contributed by atoms with Crippen molar-refractivity contribution in [1.29, 1.82) is 0 Å². The number of nitrogen functional groups attached to an aromatic ring is 1. The van der Waals surface area contributed by atoms with Crippen molar-refractivity contribution in [3.63, 3.8) is 0 Å². The molecule has 0 unspecified atom stereocenters. The van der Waals surface area contributed by atoms with Gasteiger partial charge in [-0.05, 0) is 17.7 Å². The van der Waals surface area contributed by atoms with Crippen molar-refractivity contribution in [3.8, 4) is 11.5 Å². The second-order valence-electron chi connectivity index (χ2n) is 4.18. The molecule has 0 radical (unpaired) electrons. The zero-order valence-electron chi connectivity index (χ0n) is 11.8. The molecule has 0 saturated carbocycles. The van der Waals surface area contributed by atoms with E-state index in [9.17, 15) is 13.5 Å². The molecular weight excluding hydrogens is 317 g/mol. The number of benzene rings is 2. The van der Waals surface area contributed by atoms with E-state index in [1.807, 2.05) is 0 Å². The van der Waals surface area contributed by atoms with Gasteiger partial charge in [0.05, 0.1) is 0 Å². The van der Waals surface area contributed by atoms with Crippen LogP contribution in [0.15, 0.2) is 42.5 Å². The maximum atomic E-state index is 11.6. The second kappa shape index (κ2) is 7.66. The predicted octanol–water partition coefficient (Wildman–Crippen LogP) is -1.30. The first-order valence-electron chi connectivity index (χ1n) is 5.86. The summed E-state index contributed by atoms with van der Waals surface area (Å²) in [6.45, 7) is 0. The third-order valence-corrected chi connectivity index (χ3v) is 2.98. The minimum atomic E-state index is -4.66. The van der Waals surface area contributed by atoms with Gasteiger partial charge < -0.3 is 15.0 Å². The molecule has 0 amide bonds. The third kappa shape index (κ3) is 5.36. The summed E-state index contributed by atoms with van der Waals surface area (Å²) in [4.78, 5) is 0. The Labute approximate surface area is 150 Å². The normalized spacial score (nSPS) is 11.1. The van der Waals surface area contributed by atoms with Crippen molar-refractivity contribution in [2.24, 2.45) is 0 Å². The quantitative estimate of drug-likeness (QED) is 0.312. The van der Waals surface area contributed by atoms with E-state index in [-0.39, 0.29) is 46.7 Å². The predicted molar refractivity (Wildman–Crippen MR) is 77.8 cm³/mol. The van der Waals surface area contributed by atoms with Crippen LogP contribution in [0.25, 0.3) is 12.2 Å². The smallest absolute Gasteiger partial charge is 0.872 e. The first kappa shape index (κ1) is 18.5. The van der Waals surface area contributed by atoms with Crippen molar-refractivity contribution >= 4 is 28.2 Å². The molecule has 0 aromatic heterocycles. The number of rotatable bonds is 4. The molecule has 0 saturated heterocycles. The van der Waals surface area contributed by atoms with E-state index in [1.54, 1.807) is 24.3 Å². The van der Waals surface area contributed by atoms with E-state index in [1.165, 1.54) is 30.4 Å². The van der Waals surface area contributed by atoms with Crippen molar-refractivity contribution in [1.82, 2.24) is 0 Å². The molecule has 2 aromatic carbocycles. The van der Waals surface area contributed by atoms with Gasteiger partial charge in [-0.15, -0.1) is 5.75 Å². The van der Waals surface area contributed by atoms with Crippen LogP contribution in [-0.2, 0) is 10.4 Å². The maximum Gasteiger partial charge on any atom is 1.00 e. The van der Waals surface area contributed by atoms with Gasteiger partial charge in [0.15, 0.2) is 5.75 Å². The molecule has 0 atom stereocenters. The Hall–Kier alpha value is -1.51. The first-order chi connectivity index (χ1) is 9.85. The number of anilines is 1. The standard InChI is InChI=1S/C14H13NO5S.Na/c15-12-8-7-11(14(9-12)20-21(17,18)19)6-5-10-3-1-2-4-13(10)16;/h1-9,16H,15H2,(H,17,18,19);/q;+1/p-1. The van der Waals surface area contributed by atoms with Gasteiger partial charge in [0, 0.05) is 17.3 Å². The molecule has 22 heavy (non-hydrogen) atoms. The van der Waals surface area contributed by atoms with Crippen LogP contribution in [0.1, 0.15) is 11.1 Å². The molecule has 8 heteroatoms. The Morgan fingerprint density at radius 2 is 1.73 bits per heavy atom. The fourth-order valence-electron chi connectivity index (χ4n) is 1.67. The van der Waals surface area contributed by atoms with E-state index >= 15 is 0 Å². The zero-order chi connectivity index (χ0) is 15.5. The van der Waals surface area contributed by atoms with Gasteiger partial charge in [0.2, 0.25) is 0 Å². The Morgan fingerprint density at radius 3 is 2.36 bits per heavy atom. The fourth-order valence-corrected chi connectivity index (χ4v) is 2.04. The molecule has 0 aliphatic carbocycles. The Balaban J connectivity index is 0.00000242. The molecule has 0 aliphatic heterocycles. The van der Waals surface area contributed by atoms with Gasteiger partial charge in [-0.2, -0.15) is 8.42 Å². The van der Waals surface area contributed by atoms with Crippen LogP contribution in [0.4, 0.5) is 5.69 Å². The summed E-state index contributed by atoms with van der Waals surface area (Å²) in [6, 6.07) is 10.7. The van der Waals surface area contributed by atoms with Crippen LogP contribution in [0.2, 0.25) is 0 Å². The molecule has 0 aliphatic rings. The Morgan fingerprint density at radius 1 is 1.09 bits per heavy atom. The topological polar surface area (TPSA) is 113 Å². The second-order valence-corrected chi connectivity index (χ2v) is 5.20. The maximum absolute atomic E-state index is 11.6. The molecule has 0 fully saturated rings. The summed E-state index contributed by atoms with van der Waals surface area (Å²) in [6.07, 6.45) is 3.02. The van der Waals surface area contributed by atoms with Crippen molar-refractivity contribution < 1.29 is 51.8 Å². The third-order valence-electron chi connectivity index (χ3n) is 2.59. The average molecular weight is 329 g/mol. The van der Waals surface area contributed by atoms with E-state index in [2.05, 4.69) is 4.18 Å². The molecule has 6 nitrogen and oxygen atoms in total. The summed E-state index contributed by atoms with van der Waals surface area (Å²) in [7, 11) is -4.66. The summed E-state index contributed by atoms with van der Waals surface area (Å²) in [5.41, 5.74) is 6.61. The van der Waals surface area contributed by atoms with Gasteiger partial charge in [0.1, 0.15) is 0 Å². The van der Waals surface area contributed by atoms with Gasteiger partial charge in [-0.25, -0.2) is 0 Å². The van der Waals surface area contributed by atoms with Gasteiger partial charge >= 0.3 is 40.0 Å². The summed E-state index contributed by atoms with van der Waals surface area (Å²) in [5.74, 6) is -0.293. The van der Waals surface area contributed by atoms with E-state index in [0.29, 0.717) is 11.1 Å². The monoisotopic (exact) mass is 329 g/mol. The first-order valence-corrected chi connectivity index (χ1v) is 7.22. The number of hydrogen-bond donors (Lipinski definition) is 2. The average Bonchev–Trinajstić information content (AvgIpc) is 2.38. The molecule has 0 spiro atoms. The van der Waals surface area contributed by atoms with Crippen molar-refractivity contribution in [2.75, 3.05) is 5.73 Å². The van der Waals surface area contributed by atoms with Crippen molar-refractivity contribution in [3.05, 3.63) is 53.6 Å². The van der Waals surface area contributed by atoms with E-state index in [0.717, 1.165) is 0 Å². The van der Waals surface area contributed by atoms with Crippen LogP contribution in [0, 0.1) is 0 Å². The van der Waals surface area contributed by atoms with E-state index < -0.39 is 10.4 Å².